The Bertz CT molecular complexity index is 507. The fourth-order valence-electron chi connectivity index (χ4n) is 2.94. The predicted molar refractivity (Wildman–Crippen MR) is 71.3 cm³/mol. The van der Waals surface area contributed by atoms with E-state index in [9.17, 15) is 18.7 Å². The molecule has 1 saturated carbocycles. The third-order valence-electron chi connectivity index (χ3n) is 3.97. The molecule has 1 fully saturated rings. The number of hydrogen-bond donors (Lipinski definition) is 2. The van der Waals surface area contributed by atoms with Gasteiger partial charge in [0.15, 0.2) is 11.6 Å². The minimum atomic E-state index is -1.15. The highest BCUT2D eigenvalue weighted by Gasteiger charge is 2.36. The van der Waals surface area contributed by atoms with Crippen LogP contribution in [0.2, 0.25) is 0 Å². The number of rotatable bonds is 3. The van der Waals surface area contributed by atoms with E-state index in [0.29, 0.717) is 18.8 Å². The molecule has 1 aromatic rings. The first-order valence-electron chi connectivity index (χ1n) is 6.85. The van der Waals surface area contributed by atoms with E-state index >= 15 is 0 Å². The van der Waals surface area contributed by atoms with Crippen LogP contribution in [-0.2, 0) is 0 Å². The summed E-state index contributed by atoms with van der Waals surface area (Å²) in [6.45, 7) is 1.86. The standard InChI is InChI=1S/C15H19F2NO2/c1-10-4-3-7-15(8-10,9-19)18-14(20)11-5-2-6-12(16)13(11)17/h2,5-6,10,19H,3-4,7-9H2,1H3,(H,18,20). The smallest absolute Gasteiger partial charge is 0.254 e. The first kappa shape index (κ1) is 14.9. The molecule has 1 amide bonds. The van der Waals surface area contributed by atoms with Gasteiger partial charge in [0.2, 0.25) is 0 Å². The Morgan fingerprint density at radius 1 is 1.50 bits per heavy atom. The van der Waals surface area contributed by atoms with Gasteiger partial charge in [-0.1, -0.05) is 25.8 Å². The highest BCUT2D eigenvalue weighted by molar-refractivity contribution is 5.95. The molecular weight excluding hydrogens is 264 g/mol. The van der Waals surface area contributed by atoms with Crippen molar-refractivity contribution in [3.63, 3.8) is 0 Å². The zero-order valence-electron chi connectivity index (χ0n) is 11.5. The van der Waals surface area contributed by atoms with Crippen LogP contribution < -0.4 is 5.32 Å². The lowest BCUT2D eigenvalue weighted by atomic mass is 9.76. The van der Waals surface area contributed by atoms with E-state index in [1.807, 2.05) is 0 Å². The predicted octanol–water partition coefficient (Wildman–Crippen LogP) is 2.64. The minimum absolute atomic E-state index is 0.194. The zero-order chi connectivity index (χ0) is 14.8. The third-order valence-corrected chi connectivity index (χ3v) is 3.97. The summed E-state index contributed by atoms with van der Waals surface area (Å²) in [6, 6.07) is 3.50. The summed E-state index contributed by atoms with van der Waals surface area (Å²) in [5.41, 5.74) is -1.05. The molecule has 0 spiro atoms. The van der Waals surface area contributed by atoms with E-state index in [0.717, 1.165) is 18.9 Å². The average Bonchev–Trinajstić information content (AvgIpc) is 2.41. The van der Waals surface area contributed by atoms with E-state index in [2.05, 4.69) is 12.2 Å². The van der Waals surface area contributed by atoms with Crippen molar-refractivity contribution in [1.29, 1.82) is 0 Å². The monoisotopic (exact) mass is 283 g/mol. The molecule has 2 atom stereocenters. The molecule has 0 aliphatic heterocycles. The molecule has 110 valence electrons. The molecule has 0 saturated heterocycles. The van der Waals surface area contributed by atoms with Crippen molar-refractivity contribution >= 4 is 5.91 Å². The molecule has 2 unspecified atom stereocenters. The summed E-state index contributed by atoms with van der Waals surface area (Å²) >= 11 is 0. The third kappa shape index (κ3) is 2.98. The number of halogens is 2. The summed E-state index contributed by atoms with van der Waals surface area (Å²) in [5, 5.41) is 12.3. The molecule has 1 aliphatic carbocycles. The molecule has 1 aromatic carbocycles. The van der Waals surface area contributed by atoms with Crippen molar-refractivity contribution in [1.82, 2.24) is 5.32 Å². The van der Waals surface area contributed by atoms with Gasteiger partial charge in [-0.2, -0.15) is 0 Å². The summed E-state index contributed by atoms with van der Waals surface area (Å²) in [6.07, 6.45) is 3.24. The van der Waals surface area contributed by atoms with Gasteiger partial charge in [0.1, 0.15) is 0 Å². The van der Waals surface area contributed by atoms with E-state index < -0.39 is 23.1 Å². The van der Waals surface area contributed by atoms with Gasteiger partial charge in [-0.25, -0.2) is 8.78 Å². The van der Waals surface area contributed by atoms with E-state index in [1.165, 1.54) is 12.1 Å². The van der Waals surface area contributed by atoms with Gasteiger partial charge in [0, 0.05) is 0 Å². The Hall–Kier alpha value is -1.49. The summed E-state index contributed by atoms with van der Waals surface area (Å²) in [7, 11) is 0. The fourth-order valence-corrected chi connectivity index (χ4v) is 2.94. The normalized spacial score (nSPS) is 26.3. The average molecular weight is 283 g/mol. The van der Waals surface area contributed by atoms with Crippen LogP contribution in [0.5, 0.6) is 0 Å². The van der Waals surface area contributed by atoms with Crippen molar-refractivity contribution in [2.45, 2.75) is 38.1 Å². The van der Waals surface area contributed by atoms with Gasteiger partial charge in [0.05, 0.1) is 17.7 Å². The fraction of sp³-hybridized carbons (Fsp3) is 0.533. The van der Waals surface area contributed by atoms with Crippen LogP contribution in [0.3, 0.4) is 0 Å². The second-order valence-corrected chi connectivity index (χ2v) is 5.70. The Morgan fingerprint density at radius 2 is 2.25 bits per heavy atom. The number of carbonyl (C=O) groups is 1. The SMILES string of the molecule is CC1CCCC(CO)(NC(=O)c2cccc(F)c2F)C1. The lowest BCUT2D eigenvalue weighted by Crippen LogP contribution is -2.54. The Kier molecular flexibility index (Phi) is 4.38. The van der Waals surface area contributed by atoms with Gasteiger partial charge in [-0.3, -0.25) is 4.79 Å². The van der Waals surface area contributed by atoms with Crippen LogP contribution in [0.1, 0.15) is 43.0 Å². The van der Waals surface area contributed by atoms with E-state index in [-0.39, 0.29) is 12.2 Å². The molecule has 2 N–H and O–H groups in total. The van der Waals surface area contributed by atoms with Crippen LogP contribution in [0.25, 0.3) is 0 Å². The van der Waals surface area contributed by atoms with E-state index in [4.69, 9.17) is 0 Å². The van der Waals surface area contributed by atoms with Crippen molar-refractivity contribution < 1.29 is 18.7 Å². The number of amides is 1. The molecule has 0 heterocycles. The van der Waals surface area contributed by atoms with Crippen molar-refractivity contribution in [3.05, 3.63) is 35.4 Å². The Morgan fingerprint density at radius 3 is 2.90 bits per heavy atom. The van der Waals surface area contributed by atoms with Crippen LogP contribution in [0.15, 0.2) is 18.2 Å². The van der Waals surface area contributed by atoms with E-state index in [1.54, 1.807) is 0 Å². The van der Waals surface area contributed by atoms with Crippen LogP contribution in [-0.4, -0.2) is 23.2 Å². The molecule has 1 aliphatic rings. The highest BCUT2D eigenvalue weighted by Crippen LogP contribution is 2.32. The van der Waals surface area contributed by atoms with Crippen LogP contribution in [0.4, 0.5) is 8.78 Å². The number of nitrogens with one attached hydrogen (secondary N) is 1. The first-order valence-corrected chi connectivity index (χ1v) is 6.85. The highest BCUT2D eigenvalue weighted by atomic mass is 19.2. The molecule has 5 heteroatoms. The Balaban J connectivity index is 2.19. The molecular formula is C15H19F2NO2. The maximum absolute atomic E-state index is 13.6. The van der Waals surface area contributed by atoms with Gasteiger partial charge in [-0.05, 0) is 30.9 Å². The van der Waals surface area contributed by atoms with Crippen LogP contribution in [0, 0.1) is 17.6 Å². The lowest BCUT2D eigenvalue weighted by molar-refractivity contribution is 0.0693. The summed E-state index contributed by atoms with van der Waals surface area (Å²) in [4.78, 5) is 12.1. The zero-order valence-corrected chi connectivity index (χ0v) is 11.5. The van der Waals surface area contributed by atoms with Crippen molar-refractivity contribution in [2.24, 2.45) is 5.92 Å². The van der Waals surface area contributed by atoms with Crippen molar-refractivity contribution in [2.75, 3.05) is 6.61 Å². The van der Waals surface area contributed by atoms with Crippen LogP contribution >= 0.6 is 0 Å². The maximum Gasteiger partial charge on any atom is 0.254 e. The van der Waals surface area contributed by atoms with Gasteiger partial charge < -0.3 is 10.4 Å². The molecule has 20 heavy (non-hydrogen) atoms. The summed E-state index contributed by atoms with van der Waals surface area (Å²) < 4.78 is 26.8. The number of carbonyl (C=O) groups excluding carboxylic acids is 1. The second-order valence-electron chi connectivity index (χ2n) is 5.70. The number of hydrogen-bond acceptors (Lipinski definition) is 2. The summed E-state index contributed by atoms with van der Waals surface area (Å²) in [5.74, 6) is -2.49. The quantitative estimate of drug-likeness (QED) is 0.896. The molecule has 0 bridgehead atoms. The maximum atomic E-state index is 13.6. The Labute approximate surface area is 117 Å². The number of benzene rings is 1. The molecule has 0 radical (unpaired) electrons. The van der Waals surface area contributed by atoms with Gasteiger partial charge >= 0.3 is 0 Å². The number of aliphatic hydroxyl groups is 1. The molecule has 0 aromatic heterocycles. The largest absolute Gasteiger partial charge is 0.394 e. The van der Waals surface area contributed by atoms with Gasteiger partial charge in [0.25, 0.3) is 5.91 Å². The molecule has 3 nitrogen and oxygen atoms in total. The molecule has 2 rings (SSSR count). The van der Waals surface area contributed by atoms with Crippen molar-refractivity contribution in [3.8, 4) is 0 Å². The lowest BCUT2D eigenvalue weighted by Gasteiger charge is -2.39. The number of aliphatic hydroxyl groups excluding tert-OH is 1. The first-order chi connectivity index (χ1) is 9.47. The van der Waals surface area contributed by atoms with Gasteiger partial charge in [-0.15, -0.1) is 0 Å². The second kappa shape index (κ2) is 5.87. The topological polar surface area (TPSA) is 49.3 Å². The minimum Gasteiger partial charge on any atom is -0.394 e.